The fourth-order valence-corrected chi connectivity index (χ4v) is 2.99. The second-order valence-corrected chi connectivity index (χ2v) is 5.85. The number of hydrogen-bond acceptors (Lipinski definition) is 3. The molecule has 1 N–H and O–H groups in total. The number of aromatic nitrogens is 2. The third-order valence-electron chi connectivity index (χ3n) is 3.54. The zero-order chi connectivity index (χ0) is 13.7. The highest BCUT2D eigenvalue weighted by Crippen LogP contribution is 2.19. The van der Waals surface area contributed by atoms with Crippen LogP contribution in [0.3, 0.4) is 0 Å². The van der Waals surface area contributed by atoms with Gasteiger partial charge in [-0.1, -0.05) is 19.9 Å². The molecule has 0 aliphatic carbocycles. The molecule has 4 heteroatoms. The van der Waals surface area contributed by atoms with Gasteiger partial charge in [-0.05, 0) is 37.3 Å². The molecule has 0 bridgehead atoms. The molecule has 104 valence electrons. The van der Waals surface area contributed by atoms with Crippen molar-refractivity contribution in [2.75, 3.05) is 0 Å². The smallest absolute Gasteiger partial charge is 0.0762 e. The molecule has 2 aromatic heterocycles. The molecule has 0 amide bonds. The molecule has 0 radical (unpaired) electrons. The van der Waals surface area contributed by atoms with E-state index in [9.17, 15) is 0 Å². The first-order valence-electron chi connectivity index (χ1n) is 7.05. The minimum atomic E-state index is 0.387. The third kappa shape index (κ3) is 3.67. The molecular weight excluding hydrogens is 254 g/mol. The van der Waals surface area contributed by atoms with Crippen LogP contribution in [0.4, 0.5) is 0 Å². The summed E-state index contributed by atoms with van der Waals surface area (Å²) in [6, 6.07) is 7.30. The third-order valence-corrected chi connectivity index (χ3v) is 4.59. The van der Waals surface area contributed by atoms with E-state index in [0.29, 0.717) is 12.1 Å². The predicted octanol–water partition coefficient (Wildman–Crippen LogP) is 4.16. The van der Waals surface area contributed by atoms with Gasteiger partial charge in [-0.15, -0.1) is 11.3 Å². The maximum absolute atomic E-state index is 4.66. The van der Waals surface area contributed by atoms with Crippen LogP contribution in [0.5, 0.6) is 0 Å². The molecule has 3 nitrogen and oxygen atoms in total. The van der Waals surface area contributed by atoms with Crippen molar-refractivity contribution in [3.8, 4) is 0 Å². The van der Waals surface area contributed by atoms with Crippen molar-refractivity contribution in [3.05, 3.63) is 40.3 Å². The molecule has 2 rings (SSSR count). The van der Waals surface area contributed by atoms with Crippen molar-refractivity contribution in [3.63, 3.8) is 0 Å². The Labute approximate surface area is 119 Å². The molecule has 0 fully saturated rings. The largest absolute Gasteiger partial charge is 0.304 e. The molecule has 1 atom stereocenters. The summed E-state index contributed by atoms with van der Waals surface area (Å²) >= 11 is 1.80. The lowest BCUT2D eigenvalue weighted by molar-refractivity contribution is 0.423. The van der Waals surface area contributed by atoms with E-state index in [-0.39, 0.29) is 0 Å². The van der Waals surface area contributed by atoms with Crippen molar-refractivity contribution in [2.45, 2.75) is 52.2 Å². The van der Waals surface area contributed by atoms with Gasteiger partial charge in [0, 0.05) is 23.7 Å². The fourth-order valence-electron chi connectivity index (χ4n) is 2.23. The first kappa shape index (κ1) is 14.3. The van der Waals surface area contributed by atoms with Crippen LogP contribution in [-0.4, -0.2) is 9.78 Å². The van der Waals surface area contributed by atoms with Crippen LogP contribution >= 0.6 is 11.3 Å². The lowest BCUT2D eigenvalue weighted by atomic mass is 10.2. The molecule has 0 saturated heterocycles. The first-order chi connectivity index (χ1) is 9.24. The van der Waals surface area contributed by atoms with E-state index in [0.717, 1.165) is 25.1 Å². The molecule has 19 heavy (non-hydrogen) atoms. The lowest BCUT2D eigenvalue weighted by Gasteiger charge is -2.13. The van der Waals surface area contributed by atoms with Crippen LogP contribution in [0.25, 0.3) is 0 Å². The summed E-state index contributed by atoms with van der Waals surface area (Å²) in [7, 11) is 0. The summed E-state index contributed by atoms with van der Waals surface area (Å²) in [6.07, 6.45) is 4.37. The maximum atomic E-state index is 4.66. The topological polar surface area (TPSA) is 29.9 Å². The van der Waals surface area contributed by atoms with Crippen LogP contribution in [0.1, 0.15) is 56.3 Å². The van der Waals surface area contributed by atoms with Crippen molar-refractivity contribution < 1.29 is 0 Å². The molecule has 0 aliphatic heterocycles. The van der Waals surface area contributed by atoms with Crippen molar-refractivity contribution in [1.82, 2.24) is 15.1 Å². The van der Waals surface area contributed by atoms with Gasteiger partial charge in [-0.2, -0.15) is 5.10 Å². The quantitative estimate of drug-likeness (QED) is 0.823. The molecule has 2 heterocycles. The van der Waals surface area contributed by atoms with Crippen LogP contribution < -0.4 is 5.32 Å². The van der Waals surface area contributed by atoms with Gasteiger partial charge >= 0.3 is 0 Å². The summed E-state index contributed by atoms with van der Waals surface area (Å²) in [4.78, 5) is 1.37. The first-order valence-corrected chi connectivity index (χ1v) is 7.93. The van der Waals surface area contributed by atoms with Crippen molar-refractivity contribution in [1.29, 1.82) is 0 Å². The molecule has 0 spiro atoms. The lowest BCUT2D eigenvalue weighted by Crippen LogP contribution is -2.18. The molecular formula is C15H23N3S. The van der Waals surface area contributed by atoms with Gasteiger partial charge in [0.05, 0.1) is 11.7 Å². The van der Waals surface area contributed by atoms with E-state index >= 15 is 0 Å². The summed E-state index contributed by atoms with van der Waals surface area (Å²) < 4.78 is 2.10. The monoisotopic (exact) mass is 277 g/mol. The molecule has 0 saturated carbocycles. The summed E-state index contributed by atoms with van der Waals surface area (Å²) in [5.74, 6) is 0. The van der Waals surface area contributed by atoms with Crippen LogP contribution in [-0.2, 0) is 6.54 Å². The second-order valence-electron chi connectivity index (χ2n) is 4.88. The minimum absolute atomic E-state index is 0.387. The van der Waals surface area contributed by atoms with Crippen LogP contribution in [0, 0.1) is 0 Å². The van der Waals surface area contributed by atoms with Gasteiger partial charge in [0.15, 0.2) is 0 Å². The Morgan fingerprint density at radius 1 is 1.32 bits per heavy atom. The van der Waals surface area contributed by atoms with E-state index in [1.807, 2.05) is 0 Å². The second kappa shape index (κ2) is 6.87. The minimum Gasteiger partial charge on any atom is -0.304 e. The fraction of sp³-hybridized carbons (Fsp3) is 0.533. The normalized spacial score (nSPS) is 13.1. The summed E-state index contributed by atoms with van der Waals surface area (Å²) in [5.41, 5.74) is 1.12. The Bertz CT molecular complexity index is 471. The molecule has 0 aromatic carbocycles. The van der Waals surface area contributed by atoms with Gasteiger partial charge in [0.1, 0.15) is 0 Å². The molecule has 1 unspecified atom stereocenters. The summed E-state index contributed by atoms with van der Waals surface area (Å²) in [6.45, 7) is 7.45. The van der Waals surface area contributed by atoms with E-state index < -0.39 is 0 Å². The number of nitrogens with zero attached hydrogens (tertiary/aromatic N) is 2. The Morgan fingerprint density at radius 3 is 2.74 bits per heavy atom. The van der Waals surface area contributed by atoms with E-state index in [2.05, 4.69) is 65.6 Å². The zero-order valence-corrected chi connectivity index (χ0v) is 12.8. The Balaban J connectivity index is 1.90. The number of thiophene rings is 1. The predicted molar refractivity (Wildman–Crippen MR) is 81.4 cm³/mol. The van der Waals surface area contributed by atoms with Crippen LogP contribution in [0.2, 0.25) is 0 Å². The standard InChI is InChI=1S/C15H23N3S/c1-4-14(5-2)18-9-8-13(17-18)11-16-12(3)15-7-6-10-19-15/h6-10,12,14,16H,4-5,11H2,1-3H3. The zero-order valence-electron chi connectivity index (χ0n) is 12.0. The van der Waals surface area contributed by atoms with E-state index in [4.69, 9.17) is 0 Å². The number of nitrogens with one attached hydrogen (secondary N) is 1. The van der Waals surface area contributed by atoms with Gasteiger partial charge in [0.2, 0.25) is 0 Å². The average molecular weight is 277 g/mol. The Hall–Kier alpha value is -1.13. The molecule has 2 aromatic rings. The van der Waals surface area contributed by atoms with Gasteiger partial charge in [-0.3, -0.25) is 4.68 Å². The number of rotatable bonds is 7. The van der Waals surface area contributed by atoms with E-state index in [1.54, 1.807) is 11.3 Å². The SMILES string of the molecule is CCC(CC)n1ccc(CNC(C)c2cccs2)n1. The summed E-state index contributed by atoms with van der Waals surface area (Å²) in [5, 5.41) is 10.3. The highest BCUT2D eigenvalue weighted by Gasteiger charge is 2.09. The highest BCUT2D eigenvalue weighted by atomic mass is 32.1. The molecule has 0 aliphatic rings. The van der Waals surface area contributed by atoms with Gasteiger partial charge in [-0.25, -0.2) is 0 Å². The number of hydrogen-bond donors (Lipinski definition) is 1. The van der Waals surface area contributed by atoms with Gasteiger partial charge < -0.3 is 5.32 Å². The highest BCUT2D eigenvalue weighted by molar-refractivity contribution is 7.10. The average Bonchev–Trinajstić information content (AvgIpc) is 3.09. The Morgan fingerprint density at radius 2 is 2.11 bits per heavy atom. The van der Waals surface area contributed by atoms with E-state index in [1.165, 1.54) is 4.88 Å². The van der Waals surface area contributed by atoms with Gasteiger partial charge in [0.25, 0.3) is 0 Å². The maximum Gasteiger partial charge on any atom is 0.0762 e. The van der Waals surface area contributed by atoms with Crippen LogP contribution in [0.15, 0.2) is 29.8 Å². The van der Waals surface area contributed by atoms with Crippen molar-refractivity contribution >= 4 is 11.3 Å². The van der Waals surface area contributed by atoms with Crippen molar-refractivity contribution in [2.24, 2.45) is 0 Å². The Kier molecular flexibility index (Phi) is 5.16.